The number of hydrogen-bond donors (Lipinski definition) is 0. The molecule has 8 heteroatoms. The third kappa shape index (κ3) is 3.49. The predicted molar refractivity (Wildman–Crippen MR) is 97.8 cm³/mol. The summed E-state index contributed by atoms with van der Waals surface area (Å²) >= 11 is 0. The summed E-state index contributed by atoms with van der Waals surface area (Å²) in [7, 11) is -2.03. The second-order valence-corrected chi connectivity index (χ2v) is 8.35. The predicted octanol–water partition coefficient (Wildman–Crippen LogP) is 2.29. The van der Waals surface area contributed by atoms with Gasteiger partial charge in [-0.3, -0.25) is 4.68 Å². The molecule has 1 atom stereocenters. The highest BCUT2D eigenvalue weighted by atomic mass is 32.2. The lowest BCUT2D eigenvalue weighted by molar-refractivity contribution is -0.00261. The smallest absolute Gasteiger partial charge is 0.243 e. The molecule has 0 bridgehead atoms. The maximum Gasteiger partial charge on any atom is 0.243 e. The molecule has 1 aromatic heterocycles. The maximum atomic E-state index is 13.2. The van der Waals surface area contributed by atoms with E-state index in [0.717, 1.165) is 17.7 Å². The van der Waals surface area contributed by atoms with Crippen LogP contribution >= 0.6 is 0 Å². The Hall–Kier alpha value is -1.90. The summed E-state index contributed by atoms with van der Waals surface area (Å²) < 4.78 is 40.8. The van der Waals surface area contributed by atoms with Gasteiger partial charge in [-0.15, -0.1) is 0 Å². The van der Waals surface area contributed by atoms with E-state index in [1.165, 1.54) is 4.31 Å². The summed E-state index contributed by atoms with van der Waals surface area (Å²) in [6.45, 7) is 7.38. The number of morpholine rings is 1. The standard InChI is InChI=1S/C18H25N3O4S/c1-5-20-11-15(10-19-20)17-12-21(6-7-25-17)26(22,23)18-9-13(2)16(24-4)8-14(18)3/h8-11,17H,5-7,12H2,1-4H3. The molecule has 1 saturated heterocycles. The minimum Gasteiger partial charge on any atom is -0.496 e. The van der Waals surface area contributed by atoms with Gasteiger partial charge in [0.25, 0.3) is 0 Å². The highest BCUT2D eigenvalue weighted by Crippen LogP contribution is 2.30. The molecule has 3 rings (SSSR count). The van der Waals surface area contributed by atoms with Crippen molar-refractivity contribution in [1.29, 1.82) is 0 Å². The van der Waals surface area contributed by atoms with Crippen molar-refractivity contribution in [2.45, 2.75) is 38.3 Å². The van der Waals surface area contributed by atoms with E-state index in [2.05, 4.69) is 5.10 Å². The Morgan fingerprint density at radius 3 is 2.73 bits per heavy atom. The lowest BCUT2D eigenvalue weighted by Crippen LogP contribution is -2.42. The summed E-state index contributed by atoms with van der Waals surface area (Å²) in [5.74, 6) is 0.688. The first kappa shape index (κ1) is 18.9. The van der Waals surface area contributed by atoms with Gasteiger partial charge in [-0.1, -0.05) is 0 Å². The summed E-state index contributed by atoms with van der Waals surface area (Å²) in [5.41, 5.74) is 2.37. The fourth-order valence-corrected chi connectivity index (χ4v) is 4.88. The molecule has 2 aromatic rings. The van der Waals surface area contributed by atoms with Crippen molar-refractivity contribution in [3.63, 3.8) is 0 Å². The molecule has 0 saturated carbocycles. The maximum absolute atomic E-state index is 13.2. The molecular formula is C18H25N3O4S. The number of methoxy groups -OCH3 is 1. The van der Waals surface area contributed by atoms with Gasteiger partial charge < -0.3 is 9.47 Å². The Kier molecular flexibility index (Phi) is 5.36. The van der Waals surface area contributed by atoms with E-state index in [0.29, 0.717) is 29.4 Å². The van der Waals surface area contributed by atoms with Crippen LogP contribution in [0.25, 0.3) is 0 Å². The number of sulfonamides is 1. The van der Waals surface area contributed by atoms with Crippen LogP contribution in [0.3, 0.4) is 0 Å². The van der Waals surface area contributed by atoms with Gasteiger partial charge in [0.1, 0.15) is 5.75 Å². The minimum absolute atomic E-state index is 0.280. The molecule has 0 N–H and O–H groups in total. The normalized spacial score (nSPS) is 18.8. The van der Waals surface area contributed by atoms with Crippen molar-refractivity contribution in [3.05, 3.63) is 41.2 Å². The molecule has 1 aliphatic heterocycles. The van der Waals surface area contributed by atoms with Crippen molar-refractivity contribution in [2.24, 2.45) is 0 Å². The van der Waals surface area contributed by atoms with Gasteiger partial charge in [0, 0.05) is 31.4 Å². The van der Waals surface area contributed by atoms with Gasteiger partial charge in [0.05, 0.1) is 30.9 Å². The molecule has 7 nitrogen and oxygen atoms in total. The SMILES string of the molecule is CCn1cc(C2CN(S(=O)(=O)c3cc(C)c(OC)cc3C)CCO2)cn1. The summed E-state index contributed by atoms with van der Waals surface area (Å²) in [6.07, 6.45) is 3.34. The van der Waals surface area contributed by atoms with Gasteiger partial charge in [0.15, 0.2) is 0 Å². The van der Waals surface area contributed by atoms with Crippen LogP contribution in [-0.4, -0.2) is 49.3 Å². The van der Waals surface area contributed by atoms with Gasteiger partial charge in [-0.2, -0.15) is 9.40 Å². The van der Waals surface area contributed by atoms with Crippen LogP contribution in [0.15, 0.2) is 29.4 Å². The summed E-state index contributed by atoms with van der Waals surface area (Å²) in [4.78, 5) is 0.320. The first-order chi connectivity index (χ1) is 12.4. The monoisotopic (exact) mass is 379 g/mol. The Morgan fingerprint density at radius 1 is 1.31 bits per heavy atom. The zero-order chi connectivity index (χ0) is 18.9. The largest absolute Gasteiger partial charge is 0.496 e. The van der Waals surface area contributed by atoms with E-state index >= 15 is 0 Å². The average Bonchev–Trinajstić information content (AvgIpc) is 3.12. The van der Waals surface area contributed by atoms with Crippen LogP contribution in [0.2, 0.25) is 0 Å². The topological polar surface area (TPSA) is 73.7 Å². The Balaban J connectivity index is 1.88. The molecule has 0 spiro atoms. The third-order valence-electron chi connectivity index (χ3n) is 4.69. The molecule has 1 unspecified atom stereocenters. The second kappa shape index (κ2) is 7.38. The summed E-state index contributed by atoms with van der Waals surface area (Å²) in [5, 5.41) is 4.25. The van der Waals surface area contributed by atoms with Crippen molar-refractivity contribution in [3.8, 4) is 5.75 Å². The zero-order valence-corrected chi connectivity index (χ0v) is 16.4. The first-order valence-electron chi connectivity index (χ1n) is 8.66. The highest BCUT2D eigenvalue weighted by Gasteiger charge is 2.33. The van der Waals surface area contributed by atoms with Crippen LogP contribution in [0.5, 0.6) is 5.75 Å². The van der Waals surface area contributed by atoms with Crippen LogP contribution in [0.1, 0.15) is 29.7 Å². The fourth-order valence-electron chi connectivity index (χ4n) is 3.16. The van der Waals surface area contributed by atoms with Gasteiger partial charge >= 0.3 is 0 Å². The lowest BCUT2D eigenvalue weighted by Gasteiger charge is -2.32. The molecule has 1 aliphatic rings. The van der Waals surface area contributed by atoms with E-state index in [1.807, 2.05) is 24.7 Å². The minimum atomic E-state index is -3.61. The summed E-state index contributed by atoms with van der Waals surface area (Å²) in [6, 6.07) is 3.45. The third-order valence-corrected chi connectivity index (χ3v) is 6.70. The van der Waals surface area contributed by atoms with Crippen LogP contribution < -0.4 is 4.74 Å². The average molecular weight is 379 g/mol. The van der Waals surface area contributed by atoms with Crippen molar-refractivity contribution in [2.75, 3.05) is 26.8 Å². The quantitative estimate of drug-likeness (QED) is 0.797. The van der Waals surface area contributed by atoms with Crippen LogP contribution in [-0.2, 0) is 21.3 Å². The lowest BCUT2D eigenvalue weighted by atomic mass is 10.1. The number of rotatable bonds is 5. The number of ether oxygens (including phenoxy) is 2. The molecule has 26 heavy (non-hydrogen) atoms. The number of nitrogens with zero attached hydrogens (tertiary/aromatic N) is 3. The molecule has 0 aliphatic carbocycles. The van der Waals surface area contributed by atoms with Gasteiger partial charge in [0.2, 0.25) is 10.0 Å². The molecular weight excluding hydrogens is 354 g/mol. The molecule has 0 radical (unpaired) electrons. The molecule has 1 fully saturated rings. The van der Waals surface area contributed by atoms with E-state index in [1.54, 1.807) is 32.4 Å². The molecule has 1 aromatic carbocycles. The van der Waals surface area contributed by atoms with Gasteiger partial charge in [-0.05, 0) is 44.0 Å². The van der Waals surface area contributed by atoms with E-state index in [-0.39, 0.29) is 12.6 Å². The number of aryl methyl sites for hydroxylation is 3. The van der Waals surface area contributed by atoms with Crippen LogP contribution in [0.4, 0.5) is 0 Å². The fraction of sp³-hybridized carbons (Fsp3) is 0.500. The number of benzene rings is 1. The molecule has 2 heterocycles. The van der Waals surface area contributed by atoms with E-state index < -0.39 is 10.0 Å². The van der Waals surface area contributed by atoms with Crippen LogP contribution in [0, 0.1) is 13.8 Å². The van der Waals surface area contributed by atoms with E-state index in [4.69, 9.17) is 9.47 Å². The second-order valence-electron chi connectivity index (χ2n) is 6.44. The zero-order valence-electron chi connectivity index (χ0n) is 15.6. The Bertz CT molecular complexity index is 892. The van der Waals surface area contributed by atoms with Crippen molar-refractivity contribution < 1.29 is 17.9 Å². The Morgan fingerprint density at radius 2 is 2.08 bits per heavy atom. The van der Waals surface area contributed by atoms with Crippen molar-refractivity contribution >= 4 is 10.0 Å². The number of hydrogen-bond acceptors (Lipinski definition) is 5. The molecule has 142 valence electrons. The Labute approximate surface area is 154 Å². The van der Waals surface area contributed by atoms with Gasteiger partial charge in [-0.25, -0.2) is 8.42 Å². The number of aromatic nitrogens is 2. The highest BCUT2D eigenvalue weighted by molar-refractivity contribution is 7.89. The van der Waals surface area contributed by atoms with Crippen molar-refractivity contribution in [1.82, 2.24) is 14.1 Å². The van der Waals surface area contributed by atoms with E-state index in [9.17, 15) is 8.42 Å². The molecule has 0 amide bonds. The first-order valence-corrected chi connectivity index (χ1v) is 10.1.